The Morgan fingerprint density at radius 3 is 3.00 bits per heavy atom. The van der Waals surface area contributed by atoms with Gasteiger partial charge in [-0.15, -0.1) is 0 Å². The van der Waals surface area contributed by atoms with Crippen LogP contribution < -0.4 is 11.1 Å². The summed E-state index contributed by atoms with van der Waals surface area (Å²) in [6, 6.07) is 5.89. The maximum atomic E-state index is 5.71. The number of anilines is 2. The minimum atomic E-state index is 0.490. The number of benzene rings is 1. The van der Waals surface area contributed by atoms with Crippen LogP contribution in [-0.4, -0.2) is 14.8 Å². The lowest BCUT2D eigenvalue weighted by atomic mass is 10.3. The molecule has 0 radical (unpaired) electrons. The Hall–Kier alpha value is -2.50. The van der Waals surface area contributed by atoms with Crippen LogP contribution in [0, 0.1) is 6.92 Å². The molecule has 2 aromatic heterocycles. The van der Waals surface area contributed by atoms with Crippen molar-refractivity contribution in [3.63, 3.8) is 0 Å². The maximum Gasteiger partial charge on any atom is 0.295 e. The minimum Gasteiger partial charge on any atom is -0.424 e. The van der Waals surface area contributed by atoms with E-state index in [2.05, 4.69) is 15.4 Å². The molecule has 19 heavy (non-hydrogen) atoms. The molecule has 0 bridgehead atoms. The van der Waals surface area contributed by atoms with Gasteiger partial charge in [0.1, 0.15) is 5.52 Å². The Labute approximate surface area is 110 Å². The van der Waals surface area contributed by atoms with E-state index < -0.39 is 0 Å². The first-order valence-corrected chi connectivity index (χ1v) is 6.01. The van der Waals surface area contributed by atoms with E-state index in [9.17, 15) is 0 Å². The van der Waals surface area contributed by atoms with Crippen LogP contribution in [0.25, 0.3) is 11.1 Å². The molecule has 3 rings (SSSR count). The van der Waals surface area contributed by atoms with Crippen molar-refractivity contribution in [1.29, 1.82) is 0 Å². The van der Waals surface area contributed by atoms with Gasteiger partial charge in [-0.3, -0.25) is 4.68 Å². The number of rotatable bonds is 3. The molecule has 6 heteroatoms. The van der Waals surface area contributed by atoms with Crippen LogP contribution >= 0.6 is 0 Å². The number of hydrogen-bond acceptors (Lipinski definition) is 5. The summed E-state index contributed by atoms with van der Waals surface area (Å²) in [6.45, 7) is 2.60. The highest BCUT2D eigenvalue weighted by Crippen LogP contribution is 2.21. The molecule has 0 aliphatic carbocycles. The van der Waals surface area contributed by atoms with Crippen molar-refractivity contribution in [2.45, 2.75) is 13.5 Å². The molecule has 0 aliphatic heterocycles. The predicted molar refractivity (Wildman–Crippen MR) is 73.7 cm³/mol. The number of fused-ring (bicyclic) bond motifs is 1. The first kappa shape index (κ1) is 11.6. The number of nitrogens with two attached hydrogens (primary N) is 1. The minimum absolute atomic E-state index is 0.490. The van der Waals surface area contributed by atoms with Gasteiger partial charge in [0, 0.05) is 31.0 Å². The Balaban J connectivity index is 1.80. The van der Waals surface area contributed by atoms with Crippen molar-refractivity contribution < 1.29 is 4.42 Å². The fourth-order valence-corrected chi connectivity index (χ4v) is 2.01. The number of hydrogen-bond donors (Lipinski definition) is 2. The molecule has 0 amide bonds. The van der Waals surface area contributed by atoms with Crippen LogP contribution in [0.15, 0.2) is 28.8 Å². The van der Waals surface area contributed by atoms with Gasteiger partial charge in [-0.2, -0.15) is 10.1 Å². The van der Waals surface area contributed by atoms with E-state index in [1.54, 1.807) is 16.8 Å². The Bertz CT molecular complexity index is 728. The summed E-state index contributed by atoms with van der Waals surface area (Å²) >= 11 is 0. The van der Waals surface area contributed by atoms with Crippen LogP contribution in [0.5, 0.6) is 0 Å². The number of aryl methyl sites for hydroxylation is 2. The molecule has 98 valence electrons. The van der Waals surface area contributed by atoms with Crippen molar-refractivity contribution >= 4 is 22.8 Å². The topological polar surface area (TPSA) is 81.9 Å². The third kappa shape index (κ3) is 2.24. The third-order valence-corrected chi connectivity index (χ3v) is 2.96. The van der Waals surface area contributed by atoms with Crippen LogP contribution in [0.1, 0.15) is 11.3 Å². The highest BCUT2D eigenvalue weighted by atomic mass is 16.4. The molecule has 3 aromatic rings. The molecule has 0 unspecified atom stereocenters. The first-order chi connectivity index (χ1) is 9.11. The molecule has 0 saturated carbocycles. The van der Waals surface area contributed by atoms with Crippen molar-refractivity contribution in [3.05, 3.63) is 35.7 Å². The molecular weight excluding hydrogens is 242 g/mol. The Kier molecular flexibility index (Phi) is 2.63. The number of oxazole rings is 1. The van der Waals surface area contributed by atoms with Gasteiger partial charge in [0.25, 0.3) is 6.01 Å². The zero-order valence-corrected chi connectivity index (χ0v) is 10.8. The summed E-state index contributed by atoms with van der Waals surface area (Å²) in [6.07, 6.45) is 1.98. The molecule has 1 aromatic carbocycles. The van der Waals surface area contributed by atoms with E-state index in [-0.39, 0.29) is 0 Å². The van der Waals surface area contributed by atoms with Crippen molar-refractivity contribution in [1.82, 2.24) is 14.8 Å². The van der Waals surface area contributed by atoms with E-state index >= 15 is 0 Å². The average Bonchev–Trinajstić information content (AvgIpc) is 2.89. The van der Waals surface area contributed by atoms with E-state index in [0.717, 1.165) is 22.4 Å². The number of nitrogens with one attached hydrogen (secondary N) is 1. The van der Waals surface area contributed by atoms with Gasteiger partial charge < -0.3 is 15.5 Å². The lowest BCUT2D eigenvalue weighted by molar-refractivity contribution is 0.614. The van der Waals surface area contributed by atoms with Crippen molar-refractivity contribution in [3.8, 4) is 0 Å². The monoisotopic (exact) mass is 257 g/mol. The lowest BCUT2D eigenvalue weighted by Gasteiger charge is -1.98. The summed E-state index contributed by atoms with van der Waals surface area (Å²) in [5.41, 5.74) is 9.97. The molecule has 0 fully saturated rings. The third-order valence-electron chi connectivity index (χ3n) is 2.96. The van der Waals surface area contributed by atoms with Gasteiger partial charge in [-0.1, -0.05) is 0 Å². The fraction of sp³-hybridized carbons (Fsp3) is 0.231. The highest BCUT2D eigenvalue weighted by Gasteiger charge is 2.07. The summed E-state index contributed by atoms with van der Waals surface area (Å²) in [7, 11) is 1.90. The second-order valence-corrected chi connectivity index (χ2v) is 4.51. The van der Waals surface area contributed by atoms with Crippen LogP contribution in [0.2, 0.25) is 0 Å². The summed E-state index contributed by atoms with van der Waals surface area (Å²) < 4.78 is 7.38. The quantitative estimate of drug-likeness (QED) is 0.702. The zero-order valence-electron chi connectivity index (χ0n) is 10.8. The summed E-state index contributed by atoms with van der Waals surface area (Å²) in [5.74, 6) is 0. The predicted octanol–water partition coefficient (Wildman–Crippen LogP) is 2.06. The largest absolute Gasteiger partial charge is 0.424 e. The number of nitrogens with zero attached hydrogens (tertiary/aromatic N) is 3. The standard InChI is InChI=1S/C13H15N5O/c1-8-9(7-18(2)17-8)6-15-13-16-11-5-10(14)3-4-12(11)19-13/h3-5,7H,6,14H2,1-2H3,(H,15,16). The smallest absolute Gasteiger partial charge is 0.295 e. The van der Waals surface area contributed by atoms with Gasteiger partial charge in [0.05, 0.1) is 5.69 Å². The molecule has 0 spiro atoms. The molecule has 6 nitrogen and oxygen atoms in total. The van der Waals surface area contributed by atoms with E-state index in [1.165, 1.54) is 0 Å². The van der Waals surface area contributed by atoms with Crippen molar-refractivity contribution in [2.24, 2.45) is 7.05 Å². The lowest BCUT2D eigenvalue weighted by Crippen LogP contribution is -1.99. The highest BCUT2D eigenvalue weighted by molar-refractivity contribution is 5.78. The molecule has 2 heterocycles. The van der Waals surface area contributed by atoms with Crippen LogP contribution in [0.3, 0.4) is 0 Å². The fourth-order valence-electron chi connectivity index (χ4n) is 2.01. The Morgan fingerprint density at radius 2 is 2.26 bits per heavy atom. The van der Waals surface area contributed by atoms with Gasteiger partial charge in [-0.05, 0) is 25.1 Å². The SMILES string of the molecule is Cc1nn(C)cc1CNc1nc2cc(N)ccc2o1. The molecule has 0 atom stereocenters. The molecule has 3 N–H and O–H groups in total. The Morgan fingerprint density at radius 1 is 1.42 bits per heavy atom. The van der Waals surface area contributed by atoms with Gasteiger partial charge in [-0.25, -0.2) is 0 Å². The molecular formula is C13H15N5O. The van der Waals surface area contributed by atoms with Gasteiger partial charge in [0.15, 0.2) is 5.58 Å². The second-order valence-electron chi connectivity index (χ2n) is 4.51. The summed E-state index contributed by atoms with van der Waals surface area (Å²) in [5, 5.41) is 7.44. The first-order valence-electron chi connectivity index (χ1n) is 6.01. The van der Waals surface area contributed by atoms with Gasteiger partial charge >= 0.3 is 0 Å². The molecule has 0 aliphatic rings. The van der Waals surface area contributed by atoms with Crippen LogP contribution in [-0.2, 0) is 13.6 Å². The van der Waals surface area contributed by atoms with E-state index in [4.69, 9.17) is 10.2 Å². The number of nitrogen functional groups attached to an aromatic ring is 1. The van der Waals surface area contributed by atoms with Crippen molar-refractivity contribution in [2.75, 3.05) is 11.1 Å². The maximum absolute atomic E-state index is 5.71. The molecule has 0 saturated heterocycles. The van der Waals surface area contributed by atoms with E-state index in [0.29, 0.717) is 18.2 Å². The number of aromatic nitrogens is 3. The normalized spacial score (nSPS) is 11.1. The second kappa shape index (κ2) is 4.31. The summed E-state index contributed by atoms with van der Waals surface area (Å²) in [4.78, 5) is 4.34. The van der Waals surface area contributed by atoms with Gasteiger partial charge in [0.2, 0.25) is 0 Å². The average molecular weight is 257 g/mol. The van der Waals surface area contributed by atoms with E-state index in [1.807, 2.05) is 26.2 Å². The zero-order chi connectivity index (χ0) is 13.4. The van der Waals surface area contributed by atoms with Crippen LogP contribution in [0.4, 0.5) is 11.7 Å².